The van der Waals surface area contributed by atoms with Crippen LogP contribution in [0.3, 0.4) is 0 Å². The fourth-order valence-electron chi connectivity index (χ4n) is 3.92. The number of nitrogens with zero attached hydrogens (tertiary/aromatic N) is 2. The Hall–Kier alpha value is -5.02. The van der Waals surface area contributed by atoms with Crippen LogP contribution >= 0.6 is 0 Å². The first-order chi connectivity index (χ1) is 19.1. The Labute approximate surface area is 233 Å². The second kappa shape index (κ2) is 11.4. The van der Waals surface area contributed by atoms with Crippen LogP contribution in [0.5, 0.6) is 0 Å². The number of hydrogen-bond acceptors (Lipinski definition) is 6. The monoisotopic (exact) mass is 562 g/mol. The van der Waals surface area contributed by atoms with E-state index in [1.165, 1.54) is 24.3 Å². The summed E-state index contributed by atoms with van der Waals surface area (Å²) in [6, 6.07) is 29.4. The molecule has 0 atom stereocenters. The zero-order valence-corrected chi connectivity index (χ0v) is 22.8. The Balaban J connectivity index is 1.49. The highest BCUT2D eigenvalue weighted by atomic mass is 32.2. The van der Waals surface area contributed by atoms with Gasteiger partial charge in [0.05, 0.1) is 30.7 Å². The summed E-state index contributed by atoms with van der Waals surface area (Å²) in [5.41, 5.74) is 2.54. The van der Waals surface area contributed by atoms with Gasteiger partial charge in [-0.2, -0.15) is 10.5 Å². The van der Waals surface area contributed by atoms with Crippen molar-refractivity contribution < 1.29 is 16.8 Å². The van der Waals surface area contributed by atoms with Gasteiger partial charge in [-0.25, -0.2) is 16.8 Å². The summed E-state index contributed by atoms with van der Waals surface area (Å²) in [4.78, 5) is -0.373. The van der Waals surface area contributed by atoms with Crippen LogP contribution in [0.1, 0.15) is 33.4 Å². The zero-order valence-electron chi connectivity index (χ0n) is 21.2. The minimum atomic E-state index is -3.95. The Kier molecular flexibility index (Phi) is 7.97. The van der Waals surface area contributed by atoms with Crippen molar-refractivity contribution in [3.8, 4) is 12.1 Å². The molecule has 8 heteroatoms. The smallest absolute Gasteiger partial charge is 0.207 e. The summed E-state index contributed by atoms with van der Waals surface area (Å²) in [6.45, 7) is 7.52. The fourth-order valence-corrected chi connectivity index (χ4v) is 6.66. The second-order valence-electron chi connectivity index (χ2n) is 8.65. The van der Waals surface area contributed by atoms with E-state index in [-0.39, 0.29) is 30.7 Å². The Bertz CT molecular complexity index is 1810. The molecule has 0 saturated carbocycles. The average molecular weight is 563 g/mol. The van der Waals surface area contributed by atoms with E-state index in [4.69, 9.17) is 0 Å². The normalized spacial score (nSPS) is 11.4. The van der Waals surface area contributed by atoms with Crippen molar-refractivity contribution in [1.82, 2.24) is 0 Å². The van der Waals surface area contributed by atoms with E-state index in [9.17, 15) is 27.4 Å². The van der Waals surface area contributed by atoms with Crippen LogP contribution in [0.2, 0.25) is 0 Å². The fraction of sp³-hybridized carbons (Fsp3) is 0. The van der Waals surface area contributed by atoms with Gasteiger partial charge in [0.25, 0.3) is 0 Å². The van der Waals surface area contributed by atoms with Gasteiger partial charge in [-0.05, 0) is 46.5 Å². The average Bonchev–Trinajstić information content (AvgIpc) is 2.99. The summed E-state index contributed by atoms with van der Waals surface area (Å²) in [7, 11) is -7.89. The SMILES string of the molecule is C=C(c1ccc(C=Cc2ccc(C(=C)S(=O)(=O)c3ccccc3C#N)cc2)cc1)S(=O)(=O)c1ccccc1C#N. The lowest BCUT2D eigenvalue weighted by Gasteiger charge is -2.10. The highest BCUT2D eigenvalue weighted by Crippen LogP contribution is 2.30. The van der Waals surface area contributed by atoms with Gasteiger partial charge in [-0.1, -0.05) is 98.1 Å². The molecule has 0 heterocycles. The predicted molar refractivity (Wildman–Crippen MR) is 157 cm³/mol. The van der Waals surface area contributed by atoms with Gasteiger partial charge in [-0.15, -0.1) is 0 Å². The molecule has 4 rings (SSSR count). The quantitative estimate of drug-likeness (QED) is 0.227. The molecular formula is C32H22N2O4S2. The van der Waals surface area contributed by atoms with Crippen LogP contribution in [0.15, 0.2) is 120 Å². The van der Waals surface area contributed by atoms with Crippen LogP contribution in [0, 0.1) is 22.7 Å². The van der Waals surface area contributed by atoms with Crippen molar-refractivity contribution in [3.63, 3.8) is 0 Å². The lowest BCUT2D eigenvalue weighted by atomic mass is 10.1. The molecule has 0 aliphatic rings. The van der Waals surface area contributed by atoms with E-state index in [2.05, 4.69) is 13.2 Å². The molecule has 0 fully saturated rings. The summed E-state index contributed by atoms with van der Waals surface area (Å²) < 4.78 is 52.1. The van der Waals surface area contributed by atoms with Crippen LogP contribution < -0.4 is 0 Å². The van der Waals surface area contributed by atoms with Crippen molar-refractivity contribution in [1.29, 1.82) is 10.5 Å². The van der Waals surface area contributed by atoms with Crippen molar-refractivity contribution in [2.24, 2.45) is 0 Å². The summed E-state index contributed by atoms with van der Waals surface area (Å²) in [5, 5.41) is 18.5. The molecule has 4 aromatic rings. The van der Waals surface area contributed by atoms with E-state index < -0.39 is 19.7 Å². The van der Waals surface area contributed by atoms with Crippen LogP contribution in [-0.4, -0.2) is 16.8 Å². The van der Waals surface area contributed by atoms with E-state index in [1.807, 2.05) is 24.3 Å². The van der Waals surface area contributed by atoms with Gasteiger partial charge in [0.15, 0.2) is 0 Å². The molecule has 4 aromatic carbocycles. The highest BCUT2D eigenvalue weighted by molar-refractivity contribution is 8.01. The Morgan fingerprint density at radius 2 is 0.875 bits per heavy atom. The summed E-state index contributed by atoms with van der Waals surface area (Å²) >= 11 is 0. The van der Waals surface area contributed by atoms with Gasteiger partial charge >= 0.3 is 0 Å². The van der Waals surface area contributed by atoms with E-state index in [1.54, 1.807) is 72.8 Å². The molecule has 0 radical (unpaired) electrons. The third-order valence-electron chi connectivity index (χ3n) is 6.18. The molecule has 0 aliphatic heterocycles. The zero-order chi connectivity index (χ0) is 28.9. The minimum absolute atomic E-state index is 0.0578. The third-order valence-corrected chi connectivity index (χ3v) is 9.82. The maximum absolute atomic E-state index is 13.0. The van der Waals surface area contributed by atoms with Crippen LogP contribution in [0.25, 0.3) is 22.0 Å². The van der Waals surface area contributed by atoms with Crippen molar-refractivity contribution in [2.75, 3.05) is 0 Å². The van der Waals surface area contributed by atoms with Crippen molar-refractivity contribution >= 4 is 41.6 Å². The van der Waals surface area contributed by atoms with Gasteiger partial charge in [-0.3, -0.25) is 0 Å². The van der Waals surface area contributed by atoms with Gasteiger partial charge < -0.3 is 0 Å². The predicted octanol–water partition coefficient (Wildman–Crippen LogP) is 6.49. The Morgan fingerprint density at radius 1 is 0.550 bits per heavy atom. The standard InChI is InChI=1S/C32H22N2O4S2/c1-23(39(35,36)31-9-5-3-7-29(31)21-33)27-17-13-25(14-18-27)11-12-26-15-19-28(20-16-26)24(2)40(37,38)32-10-6-4-8-30(32)22-34/h3-20H,1-2H2. The number of rotatable bonds is 8. The Morgan fingerprint density at radius 3 is 1.20 bits per heavy atom. The first-order valence-corrected chi connectivity index (χ1v) is 14.8. The molecule has 0 spiro atoms. The minimum Gasteiger partial charge on any atom is -0.218 e. The molecule has 0 N–H and O–H groups in total. The van der Waals surface area contributed by atoms with E-state index in [0.717, 1.165) is 11.1 Å². The van der Waals surface area contributed by atoms with Gasteiger partial charge in [0, 0.05) is 0 Å². The van der Waals surface area contributed by atoms with Crippen molar-refractivity contribution in [3.05, 3.63) is 144 Å². The molecule has 196 valence electrons. The highest BCUT2D eigenvalue weighted by Gasteiger charge is 2.24. The molecular weight excluding hydrogens is 540 g/mol. The molecule has 40 heavy (non-hydrogen) atoms. The second-order valence-corrected chi connectivity index (χ2v) is 12.5. The third kappa shape index (κ3) is 5.55. The molecule has 0 saturated heterocycles. The lowest BCUT2D eigenvalue weighted by molar-refractivity contribution is 0.604. The summed E-state index contributed by atoms with van der Waals surface area (Å²) in [6.07, 6.45) is 3.66. The van der Waals surface area contributed by atoms with Crippen molar-refractivity contribution in [2.45, 2.75) is 9.79 Å². The number of nitriles is 2. The number of benzene rings is 4. The first-order valence-electron chi connectivity index (χ1n) is 11.8. The maximum Gasteiger partial charge on any atom is 0.207 e. The first kappa shape index (κ1) is 28.0. The summed E-state index contributed by atoms with van der Waals surface area (Å²) in [5.74, 6) is 0. The van der Waals surface area contributed by atoms with Gasteiger partial charge in [0.2, 0.25) is 19.7 Å². The lowest BCUT2D eigenvalue weighted by Crippen LogP contribution is -2.05. The van der Waals surface area contributed by atoms with E-state index >= 15 is 0 Å². The molecule has 0 aliphatic carbocycles. The number of sulfone groups is 2. The van der Waals surface area contributed by atoms with Gasteiger partial charge in [0.1, 0.15) is 12.1 Å². The molecule has 0 unspecified atom stereocenters. The molecule has 0 amide bonds. The largest absolute Gasteiger partial charge is 0.218 e. The van der Waals surface area contributed by atoms with Crippen LogP contribution in [0.4, 0.5) is 0 Å². The van der Waals surface area contributed by atoms with E-state index in [0.29, 0.717) is 11.1 Å². The number of hydrogen-bond donors (Lipinski definition) is 0. The molecule has 0 bridgehead atoms. The molecule has 0 aromatic heterocycles. The van der Waals surface area contributed by atoms with Crippen LogP contribution in [-0.2, 0) is 19.7 Å². The topological polar surface area (TPSA) is 116 Å². The molecule has 6 nitrogen and oxygen atoms in total. The maximum atomic E-state index is 13.0.